The van der Waals surface area contributed by atoms with Gasteiger partial charge in [-0.05, 0) is 30.7 Å². The predicted octanol–water partition coefficient (Wildman–Crippen LogP) is 2.82. The maximum Gasteiger partial charge on any atom is 0.263 e. The molecule has 1 aromatic carbocycles. The first-order chi connectivity index (χ1) is 11.6. The van der Waals surface area contributed by atoms with Crippen LogP contribution < -0.4 is 19.5 Å². The van der Waals surface area contributed by atoms with Crippen LogP contribution in [-0.2, 0) is 10.0 Å². The third-order valence-corrected chi connectivity index (χ3v) is 4.87. The molecule has 0 fully saturated rings. The summed E-state index contributed by atoms with van der Waals surface area (Å²) in [7, 11) is -3.74. The minimum atomic E-state index is -3.74. The van der Waals surface area contributed by atoms with Crippen LogP contribution in [0.2, 0.25) is 0 Å². The number of pyridine rings is 1. The van der Waals surface area contributed by atoms with Crippen LogP contribution in [-0.4, -0.2) is 26.7 Å². The molecule has 0 spiro atoms. The number of hydrogen-bond acceptors (Lipinski definition) is 6. The normalized spacial score (nSPS) is 12.9. The Hall–Kier alpha value is -2.48. The van der Waals surface area contributed by atoms with Crippen LogP contribution in [0.4, 0.5) is 11.5 Å². The molecule has 0 saturated heterocycles. The van der Waals surface area contributed by atoms with Gasteiger partial charge in [0.1, 0.15) is 5.82 Å². The van der Waals surface area contributed by atoms with E-state index in [2.05, 4.69) is 21.9 Å². The lowest BCUT2D eigenvalue weighted by molar-refractivity contribution is 0.174. The van der Waals surface area contributed by atoms with Crippen molar-refractivity contribution < 1.29 is 17.9 Å². The fraction of sp³-hybridized carbons (Fsp3) is 0.312. The maximum absolute atomic E-state index is 12.4. The van der Waals surface area contributed by atoms with Gasteiger partial charge in [0.2, 0.25) is 6.79 Å². The molecule has 7 nitrogen and oxygen atoms in total. The molecule has 24 heavy (non-hydrogen) atoms. The molecule has 3 rings (SSSR count). The lowest BCUT2D eigenvalue weighted by atomic mass is 10.3. The molecule has 0 radical (unpaired) electrons. The minimum absolute atomic E-state index is 0.0960. The quantitative estimate of drug-likeness (QED) is 0.747. The predicted molar refractivity (Wildman–Crippen MR) is 91.0 cm³/mol. The largest absolute Gasteiger partial charge is 0.454 e. The standard InChI is InChI=1S/C16H19N3O4S/c1-2-3-8-17-12-4-7-16(18-10-12)19-24(20,21)13-5-6-14-15(9-13)23-11-22-14/h4-7,9-10,17H,2-3,8,11H2,1H3,(H,18,19). The van der Waals surface area contributed by atoms with Crippen molar-refractivity contribution in [1.29, 1.82) is 0 Å². The Balaban J connectivity index is 1.70. The molecule has 1 aliphatic rings. The Morgan fingerprint density at radius 1 is 1.17 bits per heavy atom. The third kappa shape index (κ3) is 3.70. The van der Waals surface area contributed by atoms with Gasteiger partial charge in [-0.1, -0.05) is 13.3 Å². The van der Waals surface area contributed by atoms with Crippen molar-refractivity contribution >= 4 is 21.5 Å². The molecule has 2 N–H and O–H groups in total. The first kappa shape index (κ1) is 16.4. The lowest BCUT2D eigenvalue weighted by Crippen LogP contribution is -2.14. The van der Waals surface area contributed by atoms with E-state index < -0.39 is 10.0 Å². The van der Waals surface area contributed by atoms with Crippen molar-refractivity contribution in [2.75, 3.05) is 23.4 Å². The highest BCUT2D eigenvalue weighted by molar-refractivity contribution is 7.92. The van der Waals surface area contributed by atoms with Crippen LogP contribution in [0.3, 0.4) is 0 Å². The number of unbranched alkanes of at least 4 members (excludes halogenated alkanes) is 1. The number of fused-ring (bicyclic) bond motifs is 1. The average Bonchev–Trinajstić information content (AvgIpc) is 3.04. The third-order valence-electron chi connectivity index (χ3n) is 3.52. The fourth-order valence-electron chi connectivity index (χ4n) is 2.21. The van der Waals surface area contributed by atoms with Crippen molar-refractivity contribution in [3.63, 3.8) is 0 Å². The van der Waals surface area contributed by atoms with Gasteiger partial charge < -0.3 is 14.8 Å². The van der Waals surface area contributed by atoms with E-state index in [1.54, 1.807) is 24.4 Å². The number of aromatic nitrogens is 1. The Morgan fingerprint density at radius 2 is 2.00 bits per heavy atom. The summed E-state index contributed by atoms with van der Waals surface area (Å²) in [5.74, 6) is 1.21. The van der Waals surface area contributed by atoms with Crippen LogP contribution in [0.1, 0.15) is 19.8 Å². The number of nitrogens with zero attached hydrogens (tertiary/aromatic N) is 1. The number of rotatable bonds is 7. The molecule has 0 amide bonds. The van der Waals surface area contributed by atoms with Crippen LogP contribution in [0.5, 0.6) is 11.5 Å². The van der Waals surface area contributed by atoms with Gasteiger partial charge >= 0.3 is 0 Å². The number of sulfonamides is 1. The molecular weight excluding hydrogens is 330 g/mol. The average molecular weight is 349 g/mol. The van der Waals surface area contributed by atoms with Gasteiger partial charge in [0.25, 0.3) is 10.0 Å². The van der Waals surface area contributed by atoms with Gasteiger partial charge in [-0.15, -0.1) is 0 Å². The van der Waals surface area contributed by atoms with Crippen LogP contribution in [0.25, 0.3) is 0 Å². The van der Waals surface area contributed by atoms with E-state index in [0.29, 0.717) is 11.5 Å². The minimum Gasteiger partial charge on any atom is -0.454 e. The molecule has 0 bridgehead atoms. The van der Waals surface area contributed by atoms with Crippen molar-refractivity contribution in [3.8, 4) is 11.5 Å². The topological polar surface area (TPSA) is 89.5 Å². The van der Waals surface area contributed by atoms with E-state index >= 15 is 0 Å². The Bertz CT molecular complexity index is 807. The van der Waals surface area contributed by atoms with Gasteiger partial charge in [0.05, 0.1) is 16.8 Å². The second kappa shape index (κ2) is 6.96. The summed E-state index contributed by atoms with van der Waals surface area (Å²) < 4.78 is 37.7. The Morgan fingerprint density at radius 3 is 2.75 bits per heavy atom. The first-order valence-corrected chi connectivity index (χ1v) is 9.19. The zero-order chi connectivity index (χ0) is 17.0. The summed E-state index contributed by atoms with van der Waals surface area (Å²) in [4.78, 5) is 4.23. The van der Waals surface area contributed by atoms with Crippen LogP contribution >= 0.6 is 0 Å². The van der Waals surface area contributed by atoms with E-state index in [1.807, 2.05) is 0 Å². The van der Waals surface area contributed by atoms with Crippen molar-refractivity contribution in [2.24, 2.45) is 0 Å². The molecular formula is C16H19N3O4S. The SMILES string of the molecule is CCCCNc1ccc(NS(=O)(=O)c2ccc3c(c2)OCO3)nc1. The monoisotopic (exact) mass is 349 g/mol. The smallest absolute Gasteiger partial charge is 0.263 e. The molecule has 0 atom stereocenters. The number of nitrogens with one attached hydrogen (secondary N) is 2. The Labute approximate surface area is 141 Å². The summed E-state index contributed by atoms with van der Waals surface area (Å²) in [5.41, 5.74) is 0.856. The molecule has 2 heterocycles. The highest BCUT2D eigenvalue weighted by Gasteiger charge is 2.20. The molecule has 1 aromatic heterocycles. The van der Waals surface area contributed by atoms with Crippen LogP contribution in [0.15, 0.2) is 41.4 Å². The number of benzene rings is 1. The van der Waals surface area contributed by atoms with E-state index in [-0.39, 0.29) is 17.5 Å². The van der Waals surface area contributed by atoms with Gasteiger partial charge in [-0.25, -0.2) is 13.4 Å². The number of anilines is 2. The zero-order valence-corrected chi connectivity index (χ0v) is 14.1. The second-order valence-corrected chi connectivity index (χ2v) is 7.02. The zero-order valence-electron chi connectivity index (χ0n) is 13.3. The highest BCUT2D eigenvalue weighted by atomic mass is 32.2. The van der Waals surface area contributed by atoms with Gasteiger partial charge in [-0.2, -0.15) is 0 Å². The molecule has 0 aliphatic carbocycles. The van der Waals surface area contributed by atoms with E-state index in [0.717, 1.165) is 25.1 Å². The molecule has 0 saturated carbocycles. The highest BCUT2D eigenvalue weighted by Crippen LogP contribution is 2.34. The van der Waals surface area contributed by atoms with Crippen LogP contribution in [0, 0.1) is 0 Å². The molecule has 1 aliphatic heterocycles. The number of hydrogen-bond donors (Lipinski definition) is 2. The maximum atomic E-state index is 12.4. The molecule has 0 unspecified atom stereocenters. The van der Waals surface area contributed by atoms with Crippen molar-refractivity contribution in [2.45, 2.75) is 24.7 Å². The second-order valence-electron chi connectivity index (χ2n) is 5.33. The fourth-order valence-corrected chi connectivity index (χ4v) is 3.23. The molecule has 128 valence electrons. The van der Waals surface area contributed by atoms with E-state index in [1.165, 1.54) is 12.1 Å². The van der Waals surface area contributed by atoms with Gasteiger partial charge in [-0.3, -0.25) is 4.72 Å². The van der Waals surface area contributed by atoms with E-state index in [4.69, 9.17) is 9.47 Å². The summed E-state index contributed by atoms with van der Waals surface area (Å²) in [6.45, 7) is 3.08. The van der Waals surface area contributed by atoms with Crippen molar-refractivity contribution in [1.82, 2.24) is 4.98 Å². The molecule has 2 aromatic rings. The first-order valence-electron chi connectivity index (χ1n) is 7.71. The summed E-state index contributed by atoms with van der Waals surface area (Å²) in [6.07, 6.45) is 3.78. The van der Waals surface area contributed by atoms with Gasteiger partial charge in [0, 0.05) is 12.6 Å². The molecule has 8 heteroatoms. The van der Waals surface area contributed by atoms with Gasteiger partial charge in [0.15, 0.2) is 11.5 Å². The lowest BCUT2D eigenvalue weighted by Gasteiger charge is -2.09. The summed E-state index contributed by atoms with van der Waals surface area (Å²) >= 11 is 0. The number of ether oxygens (including phenoxy) is 2. The van der Waals surface area contributed by atoms with Crippen molar-refractivity contribution in [3.05, 3.63) is 36.5 Å². The summed E-state index contributed by atoms with van der Waals surface area (Å²) in [5, 5.41) is 3.23. The summed E-state index contributed by atoms with van der Waals surface area (Å²) in [6, 6.07) is 7.89. The van der Waals surface area contributed by atoms with E-state index in [9.17, 15) is 8.42 Å². The Kier molecular flexibility index (Phi) is 4.75.